The van der Waals surface area contributed by atoms with E-state index >= 15 is 0 Å². The molecule has 0 aliphatic carbocycles. The van der Waals surface area contributed by atoms with E-state index in [2.05, 4.69) is 21.2 Å². The maximum atomic E-state index is 11.6. The Labute approximate surface area is 148 Å². The van der Waals surface area contributed by atoms with Gasteiger partial charge in [-0.3, -0.25) is 4.79 Å². The number of halogens is 1. The predicted octanol–water partition coefficient (Wildman–Crippen LogP) is 5.13. The van der Waals surface area contributed by atoms with E-state index in [1.165, 1.54) is 0 Å². The van der Waals surface area contributed by atoms with Gasteiger partial charge >= 0.3 is 5.97 Å². The van der Waals surface area contributed by atoms with Crippen LogP contribution in [0.2, 0.25) is 0 Å². The topological polar surface area (TPSA) is 64.3 Å². The van der Waals surface area contributed by atoms with Gasteiger partial charge in [0.2, 0.25) is 0 Å². The average Bonchev–Trinajstić information content (AvgIpc) is 2.43. The first-order chi connectivity index (χ1) is 10.8. The van der Waals surface area contributed by atoms with Crippen molar-refractivity contribution in [3.63, 3.8) is 0 Å². The normalized spacial score (nSPS) is 11.3. The highest BCUT2D eigenvalue weighted by Crippen LogP contribution is 2.23. The summed E-state index contributed by atoms with van der Waals surface area (Å²) in [4.78, 5) is 11.6. The van der Waals surface area contributed by atoms with Gasteiger partial charge in [0.1, 0.15) is 5.60 Å². The van der Waals surface area contributed by atoms with E-state index in [1.54, 1.807) is 0 Å². The molecule has 3 N–H and O–H groups in total. The predicted molar refractivity (Wildman–Crippen MR) is 101 cm³/mol. The van der Waals surface area contributed by atoms with Crippen molar-refractivity contribution in [3.05, 3.63) is 22.7 Å². The Bertz CT molecular complexity index is 498. The summed E-state index contributed by atoms with van der Waals surface area (Å²) in [6.07, 6.45) is 5.87. The van der Waals surface area contributed by atoms with Gasteiger partial charge in [-0.2, -0.15) is 0 Å². The molecule has 0 aromatic heterocycles. The number of nitrogen functional groups attached to an aromatic ring is 1. The number of esters is 1. The summed E-state index contributed by atoms with van der Waals surface area (Å²) in [6.45, 7) is 6.61. The lowest BCUT2D eigenvalue weighted by molar-refractivity contribution is -0.154. The molecule has 23 heavy (non-hydrogen) atoms. The van der Waals surface area contributed by atoms with Gasteiger partial charge in [-0.1, -0.05) is 35.2 Å². The molecule has 0 fully saturated rings. The first kappa shape index (κ1) is 19.8. The molecule has 0 aliphatic rings. The maximum absolute atomic E-state index is 11.6. The van der Waals surface area contributed by atoms with Crippen LogP contribution >= 0.6 is 15.9 Å². The zero-order valence-corrected chi connectivity index (χ0v) is 16.0. The fourth-order valence-corrected chi connectivity index (χ4v) is 2.58. The Hall–Kier alpha value is -1.23. The number of hydrogen-bond acceptors (Lipinski definition) is 4. The summed E-state index contributed by atoms with van der Waals surface area (Å²) >= 11 is 3.44. The smallest absolute Gasteiger partial charge is 0.306 e. The molecule has 0 saturated heterocycles. The third-order valence-electron chi connectivity index (χ3n) is 3.31. The molecular weight excluding hydrogens is 356 g/mol. The van der Waals surface area contributed by atoms with Crippen molar-refractivity contribution in [1.29, 1.82) is 0 Å². The lowest BCUT2D eigenvalue weighted by Crippen LogP contribution is -2.23. The van der Waals surface area contributed by atoms with Crippen LogP contribution in [-0.4, -0.2) is 18.1 Å². The molecule has 0 heterocycles. The number of ether oxygens (including phenoxy) is 1. The van der Waals surface area contributed by atoms with Gasteiger partial charge in [-0.15, -0.1) is 0 Å². The van der Waals surface area contributed by atoms with Crippen LogP contribution in [0.5, 0.6) is 0 Å². The molecule has 0 radical (unpaired) electrons. The third kappa shape index (κ3) is 9.49. The summed E-state index contributed by atoms with van der Waals surface area (Å²) in [5.41, 5.74) is 7.28. The van der Waals surface area contributed by atoms with Gasteiger partial charge in [-0.25, -0.2) is 0 Å². The second kappa shape index (κ2) is 9.81. The van der Waals surface area contributed by atoms with Crippen molar-refractivity contribution in [2.24, 2.45) is 0 Å². The van der Waals surface area contributed by atoms with Crippen LogP contribution in [0.3, 0.4) is 0 Å². The minimum absolute atomic E-state index is 0.0932. The quantitative estimate of drug-likeness (QED) is 0.352. The molecule has 4 nitrogen and oxygen atoms in total. The van der Waals surface area contributed by atoms with Gasteiger partial charge in [0.05, 0.1) is 11.4 Å². The van der Waals surface area contributed by atoms with Gasteiger partial charge < -0.3 is 15.8 Å². The van der Waals surface area contributed by atoms with Crippen LogP contribution in [0.4, 0.5) is 11.4 Å². The maximum Gasteiger partial charge on any atom is 0.306 e. The van der Waals surface area contributed by atoms with Crippen LogP contribution in [0.25, 0.3) is 0 Å². The van der Waals surface area contributed by atoms with Gasteiger partial charge in [0.15, 0.2) is 0 Å². The van der Waals surface area contributed by atoms with Crippen LogP contribution in [0.15, 0.2) is 22.7 Å². The van der Waals surface area contributed by atoms with Crippen molar-refractivity contribution in [3.8, 4) is 0 Å². The molecular formula is C18H29BrN2O2. The molecule has 0 bridgehead atoms. The highest BCUT2D eigenvalue weighted by molar-refractivity contribution is 9.10. The minimum atomic E-state index is -0.378. The Morgan fingerprint density at radius 2 is 1.83 bits per heavy atom. The number of anilines is 2. The SMILES string of the molecule is CC(C)(C)OC(=O)CCCCCCCNc1cc(Br)ccc1N. The minimum Gasteiger partial charge on any atom is -0.460 e. The van der Waals surface area contributed by atoms with Crippen molar-refractivity contribution in [2.75, 3.05) is 17.6 Å². The first-order valence-electron chi connectivity index (χ1n) is 8.29. The Balaban J connectivity index is 2.04. The van der Waals surface area contributed by atoms with Crippen molar-refractivity contribution in [2.45, 2.75) is 64.9 Å². The van der Waals surface area contributed by atoms with Crippen LogP contribution in [-0.2, 0) is 9.53 Å². The number of nitrogens with two attached hydrogens (primary N) is 1. The Morgan fingerprint density at radius 3 is 2.52 bits per heavy atom. The standard InChI is InChI=1S/C18H29BrN2O2/c1-18(2,3)23-17(22)9-7-5-4-6-8-12-21-16-13-14(19)10-11-15(16)20/h10-11,13,21H,4-9,12,20H2,1-3H3. The molecule has 1 aromatic carbocycles. The van der Waals surface area contributed by atoms with Gasteiger partial charge in [-0.05, 0) is 51.8 Å². The lowest BCUT2D eigenvalue weighted by atomic mass is 10.1. The number of unbranched alkanes of at least 4 members (excludes halogenated alkanes) is 4. The zero-order valence-electron chi connectivity index (χ0n) is 14.5. The van der Waals surface area contributed by atoms with E-state index in [1.807, 2.05) is 39.0 Å². The van der Waals surface area contributed by atoms with E-state index in [4.69, 9.17) is 10.5 Å². The molecule has 0 unspecified atom stereocenters. The highest BCUT2D eigenvalue weighted by atomic mass is 79.9. The summed E-state index contributed by atoms with van der Waals surface area (Å²) in [5.74, 6) is -0.0932. The van der Waals surface area contributed by atoms with Crippen LogP contribution in [0, 0.1) is 0 Å². The van der Waals surface area contributed by atoms with Gasteiger partial charge in [0, 0.05) is 17.4 Å². The Kier molecular flexibility index (Phi) is 8.45. The number of nitrogens with one attached hydrogen (secondary N) is 1. The zero-order chi connectivity index (χ0) is 17.3. The summed E-state index contributed by atoms with van der Waals surface area (Å²) in [6, 6.07) is 5.82. The van der Waals surface area contributed by atoms with E-state index < -0.39 is 0 Å². The monoisotopic (exact) mass is 384 g/mol. The fraction of sp³-hybridized carbons (Fsp3) is 0.611. The molecule has 0 aliphatic heterocycles. The van der Waals surface area contributed by atoms with Gasteiger partial charge in [0.25, 0.3) is 0 Å². The number of benzene rings is 1. The summed E-state index contributed by atoms with van der Waals surface area (Å²) in [7, 11) is 0. The fourth-order valence-electron chi connectivity index (χ4n) is 2.22. The lowest BCUT2D eigenvalue weighted by Gasteiger charge is -2.19. The second-order valence-electron chi connectivity index (χ2n) is 6.76. The number of carbonyl (C=O) groups excluding carboxylic acids is 1. The molecule has 0 amide bonds. The molecule has 1 aromatic rings. The molecule has 1 rings (SSSR count). The van der Waals surface area contributed by atoms with Crippen molar-refractivity contribution >= 4 is 33.3 Å². The molecule has 5 heteroatoms. The Morgan fingerprint density at radius 1 is 1.17 bits per heavy atom. The molecule has 0 saturated carbocycles. The molecule has 130 valence electrons. The average molecular weight is 385 g/mol. The molecule has 0 spiro atoms. The second-order valence-corrected chi connectivity index (χ2v) is 7.68. The van der Waals surface area contributed by atoms with Crippen LogP contribution < -0.4 is 11.1 Å². The number of carbonyl (C=O) groups is 1. The first-order valence-corrected chi connectivity index (χ1v) is 9.08. The highest BCUT2D eigenvalue weighted by Gasteiger charge is 2.15. The summed E-state index contributed by atoms with van der Waals surface area (Å²) in [5, 5.41) is 3.36. The van der Waals surface area contributed by atoms with E-state index in [0.717, 1.165) is 54.5 Å². The number of rotatable bonds is 9. The summed E-state index contributed by atoms with van der Waals surface area (Å²) < 4.78 is 6.31. The largest absolute Gasteiger partial charge is 0.460 e. The third-order valence-corrected chi connectivity index (χ3v) is 3.80. The van der Waals surface area contributed by atoms with E-state index in [9.17, 15) is 4.79 Å². The van der Waals surface area contributed by atoms with E-state index in [0.29, 0.717) is 6.42 Å². The molecule has 0 atom stereocenters. The van der Waals surface area contributed by atoms with Crippen molar-refractivity contribution in [1.82, 2.24) is 0 Å². The number of hydrogen-bond donors (Lipinski definition) is 2. The van der Waals surface area contributed by atoms with Crippen molar-refractivity contribution < 1.29 is 9.53 Å². The van der Waals surface area contributed by atoms with Crippen LogP contribution in [0.1, 0.15) is 59.3 Å². The van der Waals surface area contributed by atoms with E-state index in [-0.39, 0.29) is 11.6 Å².